The van der Waals surface area contributed by atoms with E-state index < -0.39 is 0 Å². The Hall–Kier alpha value is -4.20. The first-order chi connectivity index (χ1) is 15.5. The zero-order valence-corrected chi connectivity index (χ0v) is 17.0. The summed E-state index contributed by atoms with van der Waals surface area (Å²) in [6, 6.07) is 19.5. The van der Waals surface area contributed by atoms with Crippen molar-refractivity contribution in [2.45, 2.75) is 6.42 Å². The van der Waals surface area contributed by atoms with E-state index in [2.05, 4.69) is 10.6 Å². The Labute approximate surface area is 183 Å². The second-order valence-electron chi connectivity index (χ2n) is 7.22. The van der Waals surface area contributed by atoms with Crippen molar-refractivity contribution in [1.82, 2.24) is 0 Å². The van der Waals surface area contributed by atoms with E-state index >= 15 is 0 Å². The van der Waals surface area contributed by atoms with Gasteiger partial charge in [0, 0.05) is 11.4 Å². The van der Waals surface area contributed by atoms with E-state index in [1.165, 1.54) is 17.0 Å². The minimum Gasteiger partial charge on any atom is -0.482 e. The summed E-state index contributed by atoms with van der Waals surface area (Å²) in [4.78, 5) is 38.6. The predicted molar refractivity (Wildman–Crippen MR) is 118 cm³/mol. The lowest BCUT2D eigenvalue weighted by molar-refractivity contribution is -0.123. The van der Waals surface area contributed by atoms with Crippen molar-refractivity contribution in [1.29, 1.82) is 0 Å². The third-order valence-electron chi connectivity index (χ3n) is 4.82. The molecule has 4 rings (SSSR count). The van der Waals surface area contributed by atoms with Crippen LogP contribution in [0.2, 0.25) is 0 Å². The Kier molecular flexibility index (Phi) is 6.12. The smallest absolute Gasteiger partial charge is 0.265 e. The third-order valence-corrected chi connectivity index (χ3v) is 4.82. The topological polar surface area (TPSA) is 87.7 Å². The molecule has 3 aromatic rings. The Morgan fingerprint density at radius 3 is 2.38 bits per heavy atom. The van der Waals surface area contributed by atoms with Crippen LogP contribution >= 0.6 is 0 Å². The van der Waals surface area contributed by atoms with E-state index in [1.807, 2.05) is 6.07 Å². The number of amides is 3. The molecule has 0 aromatic heterocycles. The standard InChI is InChI=1S/C24H20FN3O4/c25-17-8-6-16(7-9-17)12-22(29)27-19-10-11-21-20(13-19)28(24(31)15-32-21)14-23(30)26-18-4-2-1-3-5-18/h1-11,13H,12,14-15H2,(H,26,30)(H,27,29). The van der Waals surface area contributed by atoms with Crippen molar-refractivity contribution >= 4 is 34.8 Å². The Balaban J connectivity index is 1.47. The minimum absolute atomic E-state index is 0.0655. The molecule has 32 heavy (non-hydrogen) atoms. The fourth-order valence-electron chi connectivity index (χ4n) is 3.31. The van der Waals surface area contributed by atoms with Gasteiger partial charge in [-0.15, -0.1) is 0 Å². The zero-order chi connectivity index (χ0) is 22.5. The summed E-state index contributed by atoms with van der Waals surface area (Å²) in [5.41, 5.74) is 2.13. The van der Waals surface area contributed by atoms with Crippen molar-refractivity contribution in [3.63, 3.8) is 0 Å². The molecular formula is C24H20FN3O4. The van der Waals surface area contributed by atoms with Gasteiger partial charge in [0.25, 0.3) is 5.91 Å². The normalized spacial score (nSPS) is 12.5. The molecule has 0 unspecified atom stereocenters. The van der Waals surface area contributed by atoms with Gasteiger partial charge in [0.2, 0.25) is 11.8 Å². The van der Waals surface area contributed by atoms with Crippen LogP contribution in [-0.2, 0) is 20.8 Å². The lowest BCUT2D eigenvalue weighted by Crippen LogP contribution is -2.43. The van der Waals surface area contributed by atoms with Gasteiger partial charge in [-0.3, -0.25) is 19.3 Å². The number of fused-ring (bicyclic) bond motifs is 1. The van der Waals surface area contributed by atoms with Crippen LogP contribution in [0.4, 0.5) is 21.5 Å². The first kappa shape index (κ1) is 21.0. The summed E-state index contributed by atoms with van der Waals surface area (Å²) in [7, 11) is 0. The van der Waals surface area contributed by atoms with Gasteiger partial charge in [-0.1, -0.05) is 30.3 Å². The number of ether oxygens (including phenoxy) is 1. The number of benzene rings is 3. The second-order valence-corrected chi connectivity index (χ2v) is 7.22. The number of nitrogens with zero attached hydrogens (tertiary/aromatic N) is 1. The molecule has 2 N–H and O–H groups in total. The van der Waals surface area contributed by atoms with Gasteiger partial charge in [-0.05, 0) is 48.0 Å². The average Bonchev–Trinajstić information content (AvgIpc) is 2.78. The number of halogens is 1. The molecule has 3 amide bonds. The molecule has 0 bridgehead atoms. The number of para-hydroxylation sites is 1. The minimum atomic E-state index is -0.370. The van der Waals surface area contributed by atoms with Crippen LogP contribution in [0.25, 0.3) is 0 Å². The first-order valence-corrected chi connectivity index (χ1v) is 9.94. The van der Waals surface area contributed by atoms with Crippen LogP contribution in [0.5, 0.6) is 5.75 Å². The predicted octanol–water partition coefficient (Wildman–Crippen LogP) is 3.37. The van der Waals surface area contributed by atoms with Gasteiger partial charge in [0.1, 0.15) is 18.1 Å². The summed E-state index contributed by atoms with van der Waals surface area (Å²) in [5, 5.41) is 5.51. The van der Waals surface area contributed by atoms with Crippen molar-refractivity contribution in [2.24, 2.45) is 0 Å². The quantitative estimate of drug-likeness (QED) is 0.624. The van der Waals surface area contributed by atoms with Crippen LogP contribution in [-0.4, -0.2) is 30.9 Å². The molecule has 0 saturated heterocycles. The van der Waals surface area contributed by atoms with Crippen LogP contribution in [0, 0.1) is 5.82 Å². The van der Waals surface area contributed by atoms with Crippen molar-refractivity contribution in [3.05, 3.63) is 84.2 Å². The number of anilines is 3. The van der Waals surface area contributed by atoms with E-state index in [4.69, 9.17) is 4.74 Å². The van der Waals surface area contributed by atoms with E-state index in [-0.39, 0.29) is 43.1 Å². The number of rotatable bonds is 6. The molecule has 0 spiro atoms. The van der Waals surface area contributed by atoms with Gasteiger partial charge in [-0.2, -0.15) is 0 Å². The molecule has 3 aromatic carbocycles. The zero-order valence-electron chi connectivity index (χ0n) is 17.0. The average molecular weight is 433 g/mol. The molecule has 0 saturated carbocycles. The highest BCUT2D eigenvalue weighted by atomic mass is 19.1. The van der Waals surface area contributed by atoms with Crippen molar-refractivity contribution in [2.75, 3.05) is 28.7 Å². The highest BCUT2D eigenvalue weighted by molar-refractivity contribution is 6.05. The number of carbonyl (C=O) groups excluding carboxylic acids is 3. The fourth-order valence-corrected chi connectivity index (χ4v) is 3.31. The first-order valence-electron chi connectivity index (χ1n) is 9.94. The summed E-state index contributed by atoms with van der Waals surface area (Å²) >= 11 is 0. The van der Waals surface area contributed by atoms with Gasteiger partial charge >= 0.3 is 0 Å². The summed E-state index contributed by atoms with van der Waals surface area (Å²) < 4.78 is 18.5. The van der Waals surface area contributed by atoms with E-state index in [1.54, 1.807) is 54.6 Å². The lowest BCUT2D eigenvalue weighted by Gasteiger charge is -2.29. The molecule has 0 fully saturated rings. The van der Waals surface area contributed by atoms with E-state index in [0.29, 0.717) is 28.4 Å². The van der Waals surface area contributed by atoms with Crippen LogP contribution in [0.15, 0.2) is 72.8 Å². The Bertz CT molecular complexity index is 1150. The van der Waals surface area contributed by atoms with E-state index in [0.717, 1.165) is 0 Å². The summed E-state index contributed by atoms with van der Waals surface area (Å²) in [6.45, 7) is -0.376. The van der Waals surface area contributed by atoms with Gasteiger partial charge in [0.15, 0.2) is 6.61 Å². The molecule has 162 valence electrons. The molecule has 0 atom stereocenters. The Morgan fingerprint density at radius 1 is 0.906 bits per heavy atom. The number of hydrogen-bond donors (Lipinski definition) is 2. The maximum Gasteiger partial charge on any atom is 0.265 e. The molecule has 1 aliphatic rings. The third kappa shape index (κ3) is 5.10. The second kappa shape index (κ2) is 9.30. The number of carbonyl (C=O) groups is 3. The molecule has 8 heteroatoms. The summed E-state index contributed by atoms with van der Waals surface area (Å²) in [5.74, 6) is -0.954. The molecule has 1 heterocycles. The molecular weight excluding hydrogens is 413 g/mol. The molecule has 7 nitrogen and oxygen atoms in total. The maximum absolute atomic E-state index is 13.0. The fraction of sp³-hybridized carbons (Fsp3) is 0.125. The maximum atomic E-state index is 13.0. The SMILES string of the molecule is O=C(Cc1ccc(F)cc1)Nc1ccc2c(c1)N(CC(=O)Nc1ccccc1)C(=O)CO2. The molecule has 0 radical (unpaired) electrons. The van der Waals surface area contributed by atoms with Crippen LogP contribution < -0.4 is 20.3 Å². The number of hydrogen-bond acceptors (Lipinski definition) is 4. The van der Waals surface area contributed by atoms with Gasteiger partial charge < -0.3 is 15.4 Å². The monoisotopic (exact) mass is 433 g/mol. The number of nitrogens with one attached hydrogen (secondary N) is 2. The summed E-state index contributed by atoms with van der Waals surface area (Å²) in [6.07, 6.45) is 0.0655. The lowest BCUT2D eigenvalue weighted by atomic mass is 10.1. The van der Waals surface area contributed by atoms with Crippen molar-refractivity contribution in [3.8, 4) is 5.75 Å². The highest BCUT2D eigenvalue weighted by Crippen LogP contribution is 2.34. The highest BCUT2D eigenvalue weighted by Gasteiger charge is 2.28. The van der Waals surface area contributed by atoms with Crippen LogP contribution in [0.1, 0.15) is 5.56 Å². The largest absolute Gasteiger partial charge is 0.482 e. The van der Waals surface area contributed by atoms with E-state index in [9.17, 15) is 18.8 Å². The van der Waals surface area contributed by atoms with Crippen molar-refractivity contribution < 1.29 is 23.5 Å². The molecule has 1 aliphatic heterocycles. The van der Waals surface area contributed by atoms with Crippen LogP contribution in [0.3, 0.4) is 0 Å². The van der Waals surface area contributed by atoms with Gasteiger partial charge in [0.05, 0.1) is 12.1 Å². The molecule has 0 aliphatic carbocycles. The Morgan fingerprint density at radius 2 is 1.62 bits per heavy atom. The van der Waals surface area contributed by atoms with Gasteiger partial charge in [-0.25, -0.2) is 4.39 Å².